The molecule has 3 aromatic rings. The Labute approximate surface area is 167 Å². The second kappa shape index (κ2) is 8.87. The zero-order chi connectivity index (χ0) is 20.0. The van der Waals surface area contributed by atoms with Crippen LogP contribution in [-0.4, -0.2) is 11.1 Å². The van der Waals surface area contributed by atoms with Gasteiger partial charge in [0.2, 0.25) is 0 Å². The van der Waals surface area contributed by atoms with E-state index < -0.39 is 6.89 Å². The van der Waals surface area contributed by atoms with Gasteiger partial charge in [-0.05, 0) is 29.2 Å². The number of nitrogens with zero attached hydrogens (tertiary/aromatic N) is 1. The van der Waals surface area contributed by atoms with E-state index in [9.17, 15) is 10.1 Å². The lowest BCUT2D eigenvalue weighted by atomic mass is 10.1. The van der Waals surface area contributed by atoms with Crippen molar-refractivity contribution in [3.63, 3.8) is 0 Å². The molecule has 3 aromatic carbocycles. The van der Waals surface area contributed by atoms with Crippen LogP contribution in [0, 0.1) is 17.2 Å². The van der Waals surface area contributed by atoms with E-state index in [0.29, 0.717) is 11.7 Å². The molecule has 0 N–H and O–H groups in total. The van der Waals surface area contributed by atoms with Gasteiger partial charge in [-0.3, -0.25) is 4.79 Å². The summed E-state index contributed by atoms with van der Waals surface area (Å²) in [5.74, 6) is -0.236. The monoisotopic (exact) mass is 386 g/mol. The average molecular weight is 386 g/mol. The van der Waals surface area contributed by atoms with Gasteiger partial charge in [-0.25, -0.2) is 0 Å². The first-order valence-corrected chi connectivity index (χ1v) is 11.3. The molecule has 0 radical (unpaired) electrons. The summed E-state index contributed by atoms with van der Waals surface area (Å²) in [5.41, 5.74) is 0. The fourth-order valence-electron chi connectivity index (χ4n) is 3.50. The van der Waals surface area contributed by atoms with Crippen molar-refractivity contribution in [1.82, 2.24) is 0 Å². The summed E-state index contributed by atoms with van der Waals surface area (Å²) >= 11 is 0. The zero-order valence-electron chi connectivity index (χ0n) is 16.2. The Kier molecular flexibility index (Phi) is 6.30. The molecule has 3 rings (SSSR count). The Morgan fingerprint density at radius 2 is 1.18 bits per heavy atom. The summed E-state index contributed by atoms with van der Waals surface area (Å²) in [6.45, 7) is 1.32. The first-order chi connectivity index (χ1) is 13.7. The number of nitriles is 1. The third-order valence-corrected chi connectivity index (χ3v) is 9.37. The maximum absolute atomic E-state index is 13.4. The quantitative estimate of drug-likeness (QED) is 0.468. The lowest BCUT2D eigenvalue weighted by Crippen LogP contribution is -2.34. The fourth-order valence-corrected chi connectivity index (χ4v) is 7.73. The topological polar surface area (TPSA) is 40.9 Å². The van der Waals surface area contributed by atoms with Gasteiger partial charge in [0.25, 0.3) is 0 Å². The van der Waals surface area contributed by atoms with Crippen molar-refractivity contribution in [1.29, 1.82) is 5.26 Å². The number of Topliss-reactive ketones (excluding diaryl/α,β-unsaturated/α-hetero) is 1. The van der Waals surface area contributed by atoms with Crippen molar-refractivity contribution >= 4 is 33.9 Å². The molecule has 140 valence electrons. The number of rotatable bonds is 6. The molecule has 0 aliphatic carbocycles. The molecule has 28 heavy (non-hydrogen) atoms. The molecule has 0 fully saturated rings. The summed E-state index contributed by atoms with van der Waals surface area (Å²) < 4.78 is 0. The molecule has 0 spiro atoms. The summed E-state index contributed by atoms with van der Waals surface area (Å²) in [6, 6.07) is 32.5. The molecule has 0 aromatic heterocycles. The fraction of sp³-hybridized carbons (Fsp3) is 0.160. The van der Waals surface area contributed by atoms with E-state index in [2.05, 4.69) is 42.5 Å². The molecule has 0 saturated carbocycles. The van der Waals surface area contributed by atoms with Crippen LogP contribution >= 0.6 is 6.89 Å². The highest BCUT2D eigenvalue weighted by Crippen LogP contribution is 2.46. The molecule has 0 aliphatic heterocycles. The zero-order valence-corrected chi connectivity index (χ0v) is 17.1. The van der Waals surface area contributed by atoms with E-state index >= 15 is 0 Å². The van der Waals surface area contributed by atoms with Crippen LogP contribution in [0.15, 0.2) is 91.0 Å². The summed E-state index contributed by atoms with van der Waals surface area (Å²) in [6.07, 6.45) is 0.711. The van der Waals surface area contributed by atoms with Crippen molar-refractivity contribution < 1.29 is 4.79 Å². The second-order valence-corrected chi connectivity index (χ2v) is 10.1. The smallest absolute Gasteiger partial charge is 0.177 e. The number of carbonyl (C=O) groups is 1. The Bertz CT molecular complexity index is 931. The van der Waals surface area contributed by atoms with Gasteiger partial charge in [-0.1, -0.05) is 105 Å². The number of ketones is 1. The third kappa shape index (κ3) is 3.47. The molecular formula is C25H24NOP. The van der Waals surface area contributed by atoms with Crippen LogP contribution in [0.3, 0.4) is 0 Å². The van der Waals surface area contributed by atoms with Crippen LogP contribution < -0.4 is 15.9 Å². The first kappa shape index (κ1) is 19.9. The summed E-state index contributed by atoms with van der Waals surface area (Å²) in [4.78, 5) is 13.4. The van der Waals surface area contributed by atoms with Gasteiger partial charge < -0.3 is 0 Å². The highest BCUT2D eigenvalue weighted by atomic mass is 31.2. The number of benzene rings is 3. The lowest BCUT2D eigenvalue weighted by molar-refractivity contribution is -0.115. The Balaban J connectivity index is 2.57. The predicted molar refractivity (Wildman–Crippen MR) is 120 cm³/mol. The number of hydrogen-bond acceptors (Lipinski definition) is 2. The van der Waals surface area contributed by atoms with Gasteiger partial charge in [0.05, 0.1) is 0 Å². The Hall–Kier alpha value is -2.88. The molecule has 1 atom stereocenters. The van der Waals surface area contributed by atoms with E-state index in [4.69, 9.17) is 0 Å². The van der Waals surface area contributed by atoms with Gasteiger partial charge in [0, 0.05) is 5.92 Å². The largest absolute Gasteiger partial charge is 0.293 e. The van der Waals surface area contributed by atoms with Gasteiger partial charge in [0.1, 0.15) is 11.4 Å². The van der Waals surface area contributed by atoms with Crippen LogP contribution in [0.4, 0.5) is 0 Å². The van der Waals surface area contributed by atoms with E-state index in [1.165, 1.54) is 0 Å². The highest BCUT2D eigenvalue weighted by molar-refractivity contribution is 7.96. The van der Waals surface area contributed by atoms with Crippen LogP contribution in [0.1, 0.15) is 20.3 Å². The van der Waals surface area contributed by atoms with Crippen molar-refractivity contribution in [3.8, 4) is 6.07 Å². The number of hydrogen-bond donors (Lipinski definition) is 0. The molecule has 0 saturated heterocycles. The Morgan fingerprint density at radius 3 is 1.46 bits per heavy atom. The minimum Gasteiger partial charge on any atom is -0.293 e. The van der Waals surface area contributed by atoms with E-state index in [-0.39, 0.29) is 11.7 Å². The Morgan fingerprint density at radius 1 is 0.821 bits per heavy atom. The summed E-state index contributed by atoms with van der Waals surface area (Å²) in [7, 11) is 0. The van der Waals surface area contributed by atoms with Gasteiger partial charge >= 0.3 is 0 Å². The molecule has 0 aliphatic rings. The van der Waals surface area contributed by atoms with Crippen molar-refractivity contribution in [2.45, 2.75) is 20.3 Å². The average Bonchev–Trinajstić information content (AvgIpc) is 2.78. The minimum atomic E-state index is -2.58. The molecular weight excluding hydrogens is 362 g/mol. The SMILES string of the molecule is CC[C@H]([13CH3])C(=O)C(C#N)=P(c1ccccc1)(c1ccccc1)c1ccccc1. The van der Waals surface area contributed by atoms with Crippen LogP contribution in [0.25, 0.3) is 0 Å². The second-order valence-electron chi connectivity index (χ2n) is 6.81. The number of carbonyl (C=O) groups excluding carboxylic acids is 1. The van der Waals surface area contributed by atoms with Crippen LogP contribution in [0.5, 0.6) is 0 Å². The highest BCUT2D eigenvalue weighted by Gasteiger charge is 2.34. The van der Waals surface area contributed by atoms with E-state index in [1.54, 1.807) is 0 Å². The normalized spacial score (nSPS) is 12.0. The molecule has 0 amide bonds. The summed E-state index contributed by atoms with van der Waals surface area (Å²) in [5, 5.41) is 13.7. The molecule has 3 heteroatoms. The lowest BCUT2D eigenvalue weighted by Gasteiger charge is -2.30. The third-order valence-electron chi connectivity index (χ3n) is 5.17. The molecule has 0 unspecified atom stereocenters. The van der Waals surface area contributed by atoms with E-state index in [1.807, 2.05) is 68.4 Å². The van der Waals surface area contributed by atoms with E-state index in [0.717, 1.165) is 15.9 Å². The van der Waals surface area contributed by atoms with Gasteiger partial charge in [-0.15, -0.1) is 0 Å². The van der Waals surface area contributed by atoms with Crippen LogP contribution in [-0.2, 0) is 4.79 Å². The van der Waals surface area contributed by atoms with Crippen molar-refractivity contribution in [3.05, 3.63) is 91.0 Å². The molecule has 0 heterocycles. The minimum absolute atomic E-state index is 0.0464. The maximum atomic E-state index is 13.4. The molecule has 0 bridgehead atoms. The first-order valence-electron chi connectivity index (χ1n) is 9.54. The van der Waals surface area contributed by atoms with Crippen LogP contribution in [0.2, 0.25) is 0 Å². The van der Waals surface area contributed by atoms with Gasteiger partial charge in [-0.2, -0.15) is 5.26 Å². The van der Waals surface area contributed by atoms with Crippen molar-refractivity contribution in [2.75, 3.05) is 0 Å². The van der Waals surface area contributed by atoms with Gasteiger partial charge in [0.15, 0.2) is 5.78 Å². The standard InChI is InChI=1S/C25H24NOP/c1-3-20(2)25(27)24(19-26)28(21-13-7-4-8-14-21,22-15-9-5-10-16-22)23-17-11-6-12-18-23/h4-18,20H,3H2,1-2H3/t20-/m0/s1/i2+1. The maximum Gasteiger partial charge on any atom is 0.177 e. The predicted octanol–water partition coefficient (Wildman–Crippen LogP) is 4.29. The molecule has 2 nitrogen and oxygen atoms in total. The van der Waals surface area contributed by atoms with Crippen molar-refractivity contribution in [2.24, 2.45) is 5.92 Å².